The number of aromatic nitrogens is 2. The summed E-state index contributed by atoms with van der Waals surface area (Å²) in [6, 6.07) is 9.31. The standard InChI is InChI=1S/C11H7BrN4/c12-9-6-14-11(15-7-9)16-10-4-2-1-3-8(10)5-13/h1-4,6-7H,(H,14,15,16). The Labute approximate surface area is 101 Å². The summed E-state index contributed by atoms with van der Waals surface area (Å²) in [4.78, 5) is 8.14. The molecule has 2 rings (SSSR count). The Kier molecular flexibility index (Phi) is 3.13. The molecule has 0 aliphatic rings. The zero-order valence-corrected chi connectivity index (χ0v) is 9.77. The van der Waals surface area contributed by atoms with Gasteiger partial charge in [0.15, 0.2) is 0 Å². The van der Waals surface area contributed by atoms with E-state index < -0.39 is 0 Å². The summed E-state index contributed by atoms with van der Waals surface area (Å²) in [6.45, 7) is 0. The molecule has 4 nitrogen and oxygen atoms in total. The zero-order chi connectivity index (χ0) is 11.4. The second-order valence-corrected chi connectivity index (χ2v) is 3.92. The van der Waals surface area contributed by atoms with Crippen molar-refractivity contribution in [2.45, 2.75) is 0 Å². The first-order chi connectivity index (χ1) is 7.79. The molecule has 1 heterocycles. The van der Waals surface area contributed by atoms with E-state index in [0.717, 1.165) is 4.47 Å². The van der Waals surface area contributed by atoms with E-state index in [4.69, 9.17) is 5.26 Å². The fraction of sp³-hybridized carbons (Fsp3) is 0. The molecule has 0 unspecified atom stereocenters. The lowest BCUT2D eigenvalue weighted by Crippen LogP contribution is -1.97. The summed E-state index contributed by atoms with van der Waals surface area (Å²) in [7, 11) is 0. The Morgan fingerprint density at radius 1 is 1.19 bits per heavy atom. The van der Waals surface area contributed by atoms with Gasteiger partial charge in [-0.25, -0.2) is 9.97 Å². The molecule has 1 aromatic heterocycles. The fourth-order valence-corrected chi connectivity index (χ4v) is 1.39. The Morgan fingerprint density at radius 3 is 2.56 bits per heavy atom. The molecule has 1 N–H and O–H groups in total. The average molecular weight is 275 g/mol. The normalized spacial score (nSPS) is 9.50. The van der Waals surface area contributed by atoms with Gasteiger partial charge in [0.05, 0.1) is 15.7 Å². The van der Waals surface area contributed by atoms with Crippen molar-refractivity contribution in [3.8, 4) is 6.07 Å². The van der Waals surface area contributed by atoms with E-state index in [1.165, 1.54) is 0 Å². The minimum atomic E-state index is 0.464. The van der Waals surface area contributed by atoms with Crippen LogP contribution in [-0.4, -0.2) is 9.97 Å². The highest BCUT2D eigenvalue weighted by Crippen LogP contribution is 2.17. The summed E-state index contributed by atoms with van der Waals surface area (Å²) in [5.41, 5.74) is 1.27. The van der Waals surface area contributed by atoms with Crippen molar-refractivity contribution in [2.75, 3.05) is 5.32 Å². The highest BCUT2D eigenvalue weighted by molar-refractivity contribution is 9.10. The van der Waals surface area contributed by atoms with Gasteiger partial charge in [-0.1, -0.05) is 12.1 Å². The molecule has 0 atom stereocenters. The number of hydrogen-bond acceptors (Lipinski definition) is 4. The van der Waals surface area contributed by atoms with Gasteiger partial charge < -0.3 is 5.32 Å². The van der Waals surface area contributed by atoms with Gasteiger partial charge in [0, 0.05) is 12.4 Å². The Bertz CT molecular complexity index is 530. The zero-order valence-electron chi connectivity index (χ0n) is 8.18. The van der Waals surface area contributed by atoms with E-state index in [-0.39, 0.29) is 0 Å². The number of nitrogens with zero attached hydrogens (tertiary/aromatic N) is 3. The van der Waals surface area contributed by atoms with Crippen LogP contribution in [-0.2, 0) is 0 Å². The molecular formula is C11H7BrN4. The highest BCUT2D eigenvalue weighted by atomic mass is 79.9. The quantitative estimate of drug-likeness (QED) is 0.915. The number of hydrogen-bond donors (Lipinski definition) is 1. The average Bonchev–Trinajstić information content (AvgIpc) is 2.33. The Balaban J connectivity index is 2.27. The minimum Gasteiger partial charge on any atom is -0.323 e. The molecule has 0 fully saturated rings. The maximum absolute atomic E-state index is 8.90. The number of nitriles is 1. The van der Waals surface area contributed by atoms with Crippen molar-refractivity contribution in [2.24, 2.45) is 0 Å². The van der Waals surface area contributed by atoms with Crippen LogP contribution in [0.5, 0.6) is 0 Å². The Morgan fingerprint density at radius 2 is 1.88 bits per heavy atom. The molecule has 0 bridgehead atoms. The molecule has 0 spiro atoms. The van der Waals surface area contributed by atoms with Crippen molar-refractivity contribution in [3.63, 3.8) is 0 Å². The predicted octanol–water partition coefficient (Wildman–Crippen LogP) is 2.85. The second kappa shape index (κ2) is 4.73. The van der Waals surface area contributed by atoms with Crippen LogP contribution in [0.4, 0.5) is 11.6 Å². The van der Waals surface area contributed by atoms with E-state index in [0.29, 0.717) is 17.2 Å². The van der Waals surface area contributed by atoms with Crippen LogP contribution >= 0.6 is 15.9 Å². The third-order valence-corrected chi connectivity index (χ3v) is 2.32. The molecule has 1 aromatic carbocycles. The second-order valence-electron chi connectivity index (χ2n) is 3.01. The maximum atomic E-state index is 8.90. The lowest BCUT2D eigenvalue weighted by molar-refractivity contribution is 1.15. The molecule has 16 heavy (non-hydrogen) atoms. The molecule has 0 aliphatic heterocycles. The molecule has 0 saturated carbocycles. The first-order valence-corrected chi connectivity index (χ1v) is 5.32. The number of anilines is 2. The molecule has 0 aliphatic carbocycles. The van der Waals surface area contributed by atoms with Crippen molar-refractivity contribution in [1.29, 1.82) is 5.26 Å². The number of halogens is 1. The van der Waals surface area contributed by atoms with Crippen LogP contribution in [0.25, 0.3) is 0 Å². The SMILES string of the molecule is N#Cc1ccccc1Nc1ncc(Br)cn1. The van der Waals surface area contributed by atoms with Gasteiger partial charge in [-0.3, -0.25) is 0 Å². The third-order valence-electron chi connectivity index (χ3n) is 1.91. The van der Waals surface area contributed by atoms with Crippen LogP contribution < -0.4 is 5.32 Å². The summed E-state index contributed by atoms with van der Waals surface area (Å²) < 4.78 is 0.812. The van der Waals surface area contributed by atoms with Crippen molar-refractivity contribution in [1.82, 2.24) is 9.97 Å². The van der Waals surface area contributed by atoms with Gasteiger partial charge in [0.2, 0.25) is 5.95 Å². The van der Waals surface area contributed by atoms with Crippen LogP contribution in [0.1, 0.15) is 5.56 Å². The topological polar surface area (TPSA) is 61.6 Å². The number of nitrogens with one attached hydrogen (secondary N) is 1. The largest absolute Gasteiger partial charge is 0.323 e. The van der Waals surface area contributed by atoms with Crippen molar-refractivity contribution >= 4 is 27.6 Å². The van der Waals surface area contributed by atoms with Gasteiger partial charge in [0.1, 0.15) is 6.07 Å². The van der Waals surface area contributed by atoms with E-state index in [2.05, 4.69) is 37.3 Å². The molecule has 0 radical (unpaired) electrons. The summed E-state index contributed by atoms with van der Waals surface area (Å²) in [5, 5.41) is 11.9. The highest BCUT2D eigenvalue weighted by Gasteiger charge is 2.02. The van der Waals surface area contributed by atoms with E-state index >= 15 is 0 Å². The first-order valence-electron chi connectivity index (χ1n) is 4.53. The van der Waals surface area contributed by atoms with E-state index in [1.54, 1.807) is 18.5 Å². The predicted molar refractivity (Wildman–Crippen MR) is 64.2 cm³/mol. The molecular weight excluding hydrogens is 268 g/mol. The number of rotatable bonds is 2. The van der Waals surface area contributed by atoms with Gasteiger partial charge in [-0.05, 0) is 28.1 Å². The van der Waals surface area contributed by atoms with Crippen LogP contribution in [0.2, 0.25) is 0 Å². The van der Waals surface area contributed by atoms with Gasteiger partial charge in [-0.2, -0.15) is 5.26 Å². The third kappa shape index (κ3) is 2.35. The minimum absolute atomic E-state index is 0.464. The van der Waals surface area contributed by atoms with E-state index in [9.17, 15) is 0 Å². The number of para-hydroxylation sites is 1. The lowest BCUT2D eigenvalue weighted by Gasteiger charge is -2.05. The first kappa shape index (κ1) is 10.6. The fourth-order valence-electron chi connectivity index (χ4n) is 1.19. The maximum Gasteiger partial charge on any atom is 0.227 e. The van der Waals surface area contributed by atoms with Gasteiger partial charge in [-0.15, -0.1) is 0 Å². The van der Waals surface area contributed by atoms with Crippen molar-refractivity contribution < 1.29 is 0 Å². The molecule has 2 aromatic rings. The monoisotopic (exact) mass is 274 g/mol. The van der Waals surface area contributed by atoms with Crippen LogP contribution in [0.3, 0.4) is 0 Å². The number of benzene rings is 1. The van der Waals surface area contributed by atoms with Crippen LogP contribution in [0.15, 0.2) is 41.1 Å². The molecule has 78 valence electrons. The Hall–Kier alpha value is -1.93. The van der Waals surface area contributed by atoms with Gasteiger partial charge in [0.25, 0.3) is 0 Å². The molecule has 0 amide bonds. The van der Waals surface area contributed by atoms with Crippen LogP contribution in [0, 0.1) is 11.3 Å². The summed E-state index contributed by atoms with van der Waals surface area (Å²) >= 11 is 3.25. The van der Waals surface area contributed by atoms with E-state index in [1.807, 2.05) is 18.2 Å². The lowest BCUT2D eigenvalue weighted by atomic mass is 10.2. The summed E-state index contributed by atoms with van der Waals surface area (Å²) in [5.74, 6) is 0.464. The smallest absolute Gasteiger partial charge is 0.227 e. The van der Waals surface area contributed by atoms with Gasteiger partial charge >= 0.3 is 0 Å². The summed E-state index contributed by atoms with van der Waals surface area (Å²) in [6.07, 6.45) is 3.29. The molecule has 5 heteroatoms. The molecule has 0 saturated heterocycles. The van der Waals surface area contributed by atoms with Crippen molar-refractivity contribution in [3.05, 3.63) is 46.7 Å².